The lowest BCUT2D eigenvalue weighted by molar-refractivity contribution is -0.151. The third kappa shape index (κ3) is 4.47. The number of hydrogen-bond acceptors (Lipinski definition) is 5. The molecule has 144 valence electrons. The molecule has 2 aliphatic heterocycles. The molecule has 1 aromatic heterocycles. The maximum Gasteiger partial charge on any atom is 0.262 e. The molecule has 2 aliphatic rings. The molecule has 0 aliphatic carbocycles. The molecule has 2 fully saturated rings. The monoisotopic (exact) mass is 371 g/mol. The maximum atomic E-state index is 12.3. The van der Waals surface area contributed by atoms with E-state index in [-0.39, 0.29) is 24.2 Å². The van der Waals surface area contributed by atoms with E-state index in [1.807, 2.05) is 56.3 Å². The van der Waals surface area contributed by atoms with E-state index >= 15 is 0 Å². The number of carbonyl (C=O) groups excluding carboxylic acids is 1. The van der Waals surface area contributed by atoms with Crippen LogP contribution in [0.1, 0.15) is 30.6 Å². The molecule has 4 atom stereocenters. The third-order valence-electron chi connectivity index (χ3n) is 4.83. The molecule has 0 spiro atoms. The third-order valence-corrected chi connectivity index (χ3v) is 4.83. The minimum absolute atomic E-state index is 0.0416. The zero-order valence-electron chi connectivity index (χ0n) is 15.6. The van der Waals surface area contributed by atoms with Crippen molar-refractivity contribution in [3.63, 3.8) is 0 Å². The first-order chi connectivity index (χ1) is 13.0. The van der Waals surface area contributed by atoms with Gasteiger partial charge in [0.15, 0.2) is 11.9 Å². The zero-order chi connectivity index (χ0) is 18.9. The molecular formula is C21H25NO5. The normalized spacial score (nSPS) is 29.0. The van der Waals surface area contributed by atoms with Gasteiger partial charge in [-0.2, -0.15) is 0 Å². The van der Waals surface area contributed by atoms with Gasteiger partial charge >= 0.3 is 0 Å². The van der Waals surface area contributed by atoms with Crippen LogP contribution in [0, 0.1) is 0 Å². The molecule has 0 radical (unpaired) electrons. The van der Waals surface area contributed by atoms with Gasteiger partial charge in [0.2, 0.25) is 0 Å². The van der Waals surface area contributed by atoms with Gasteiger partial charge in [0.1, 0.15) is 6.10 Å². The Bertz CT molecular complexity index is 758. The summed E-state index contributed by atoms with van der Waals surface area (Å²) in [4.78, 5) is 12.3. The van der Waals surface area contributed by atoms with Crippen molar-refractivity contribution in [1.29, 1.82) is 0 Å². The SMILES string of the molecule is CC1(C)O[C@H](COCc2ccccc2)[C@@H](C[C@@H]2O[C@H]2C(=O)n2cccc2)O1. The average molecular weight is 371 g/mol. The van der Waals surface area contributed by atoms with Crippen LogP contribution in [0.25, 0.3) is 0 Å². The second-order valence-corrected chi connectivity index (χ2v) is 7.47. The van der Waals surface area contributed by atoms with Gasteiger partial charge in [0, 0.05) is 18.8 Å². The fourth-order valence-corrected chi connectivity index (χ4v) is 3.51. The van der Waals surface area contributed by atoms with E-state index < -0.39 is 11.9 Å². The van der Waals surface area contributed by atoms with Crippen molar-refractivity contribution in [3.8, 4) is 0 Å². The highest BCUT2D eigenvalue weighted by Gasteiger charge is 2.51. The minimum Gasteiger partial charge on any atom is -0.374 e. The highest BCUT2D eigenvalue weighted by Crippen LogP contribution is 2.36. The molecule has 0 unspecified atom stereocenters. The van der Waals surface area contributed by atoms with Crippen molar-refractivity contribution >= 4 is 5.91 Å². The molecular weight excluding hydrogens is 346 g/mol. The molecule has 2 saturated heterocycles. The molecule has 0 N–H and O–H groups in total. The molecule has 2 aromatic rings. The number of aromatic nitrogens is 1. The molecule has 27 heavy (non-hydrogen) atoms. The molecule has 0 amide bonds. The highest BCUT2D eigenvalue weighted by molar-refractivity contribution is 5.86. The van der Waals surface area contributed by atoms with E-state index in [4.69, 9.17) is 18.9 Å². The number of ether oxygens (including phenoxy) is 4. The lowest BCUT2D eigenvalue weighted by atomic mass is 10.1. The van der Waals surface area contributed by atoms with Gasteiger partial charge in [-0.05, 0) is 31.5 Å². The van der Waals surface area contributed by atoms with Crippen molar-refractivity contribution in [2.75, 3.05) is 6.61 Å². The topological polar surface area (TPSA) is 62.2 Å². The Kier molecular flexibility index (Phi) is 5.14. The van der Waals surface area contributed by atoms with Crippen LogP contribution >= 0.6 is 0 Å². The Balaban J connectivity index is 1.30. The van der Waals surface area contributed by atoms with Gasteiger partial charge in [-0.3, -0.25) is 9.36 Å². The van der Waals surface area contributed by atoms with E-state index in [0.717, 1.165) is 5.56 Å². The van der Waals surface area contributed by atoms with E-state index in [1.165, 1.54) is 0 Å². The number of hydrogen-bond donors (Lipinski definition) is 0. The smallest absolute Gasteiger partial charge is 0.262 e. The number of benzene rings is 1. The summed E-state index contributed by atoms with van der Waals surface area (Å²) in [5.74, 6) is -0.708. The van der Waals surface area contributed by atoms with E-state index in [0.29, 0.717) is 19.6 Å². The van der Waals surface area contributed by atoms with Gasteiger partial charge in [-0.25, -0.2) is 0 Å². The lowest BCUT2D eigenvalue weighted by Crippen LogP contribution is -2.30. The Hall–Kier alpha value is -1.99. The fourth-order valence-electron chi connectivity index (χ4n) is 3.51. The predicted octanol–water partition coefficient (Wildman–Crippen LogP) is 3.02. The molecule has 0 bridgehead atoms. The van der Waals surface area contributed by atoms with Gasteiger partial charge < -0.3 is 18.9 Å². The Morgan fingerprint density at radius 3 is 2.48 bits per heavy atom. The van der Waals surface area contributed by atoms with Crippen LogP contribution < -0.4 is 0 Å². The molecule has 4 rings (SSSR count). The van der Waals surface area contributed by atoms with Crippen LogP contribution in [-0.2, 0) is 25.6 Å². The Morgan fingerprint density at radius 1 is 1.04 bits per heavy atom. The lowest BCUT2D eigenvalue weighted by Gasteiger charge is -2.16. The van der Waals surface area contributed by atoms with Crippen molar-refractivity contribution in [1.82, 2.24) is 4.57 Å². The Morgan fingerprint density at radius 2 is 1.74 bits per heavy atom. The first kappa shape index (κ1) is 18.4. The number of epoxide rings is 1. The summed E-state index contributed by atoms with van der Waals surface area (Å²) < 4.78 is 25.0. The predicted molar refractivity (Wildman–Crippen MR) is 98.3 cm³/mol. The fraction of sp³-hybridized carbons (Fsp3) is 0.476. The van der Waals surface area contributed by atoms with Crippen LogP contribution in [0.2, 0.25) is 0 Å². The first-order valence-corrected chi connectivity index (χ1v) is 9.32. The summed E-state index contributed by atoms with van der Waals surface area (Å²) in [6, 6.07) is 13.7. The summed E-state index contributed by atoms with van der Waals surface area (Å²) in [6.45, 7) is 4.76. The summed E-state index contributed by atoms with van der Waals surface area (Å²) in [6.07, 6.45) is 3.19. The van der Waals surface area contributed by atoms with E-state index in [1.54, 1.807) is 17.0 Å². The molecule has 0 saturated carbocycles. The molecule has 1 aromatic carbocycles. The Labute approximate surface area is 159 Å². The van der Waals surface area contributed by atoms with Crippen molar-refractivity contribution in [2.24, 2.45) is 0 Å². The van der Waals surface area contributed by atoms with Crippen LogP contribution in [0.5, 0.6) is 0 Å². The van der Waals surface area contributed by atoms with Crippen LogP contribution in [0.4, 0.5) is 0 Å². The minimum atomic E-state index is -0.666. The van der Waals surface area contributed by atoms with Crippen LogP contribution in [0.3, 0.4) is 0 Å². The van der Waals surface area contributed by atoms with E-state index in [2.05, 4.69) is 0 Å². The van der Waals surface area contributed by atoms with Crippen molar-refractivity contribution < 1.29 is 23.7 Å². The number of nitrogens with zero attached hydrogens (tertiary/aromatic N) is 1. The van der Waals surface area contributed by atoms with Gasteiger partial charge in [-0.1, -0.05) is 30.3 Å². The number of carbonyl (C=O) groups is 1. The second-order valence-electron chi connectivity index (χ2n) is 7.47. The van der Waals surface area contributed by atoms with Crippen molar-refractivity contribution in [3.05, 3.63) is 60.4 Å². The molecule has 6 nitrogen and oxygen atoms in total. The first-order valence-electron chi connectivity index (χ1n) is 9.32. The number of rotatable bonds is 7. The maximum absolute atomic E-state index is 12.3. The average Bonchev–Trinajstić information content (AvgIpc) is 3.06. The molecule has 3 heterocycles. The zero-order valence-corrected chi connectivity index (χ0v) is 15.6. The highest BCUT2D eigenvalue weighted by atomic mass is 16.8. The molecule has 6 heteroatoms. The standard InChI is InChI=1S/C21H25NO5/c1-21(2)26-16(12-17-19(25-17)20(23)22-10-6-7-11-22)18(27-21)14-24-13-15-8-4-3-5-9-15/h3-11,16-19H,12-14H2,1-2H3/t16-,17+,18-,19-/m1/s1. The van der Waals surface area contributed by atoms with Crippen molar-refractivity contribution in [2.45, 2.75) is 57.1 Å². The van der Waals surface area contributed by atoms with Gasteiger partial charge in [0.25, 0.3) is 5.91 Å². The second kappa shape index (κ2) is 7.56. The summed E-state index contributed by atoms with van der Waals surface area (Å²) >= 11 is 0. The summed E-state index contributed by atoms with van der Waals surface area (Å²) in [7, 11) is 0. The van der Waals surface area contributed by atoms with Gasteiger partial charge in [0.05, 0.1) is 25.4 Å². The summed E-state index contributed by atoms with van der Waals surface area (Å²) in [5, 5.41) is 0. The van der Waals surface area contributed by atoms with Gasteiger partial charge in [-0.15, -0.1) is 0 Å². The van der Waals surface area contributed by atoms with E-state index in [9.17, 15) is 4.79 Å². The summed E-state index contributed by atoms with van der Waals surface area (Å²) in [5.41, 5.74) is 1.12. The van der Waals surface area contributed by atoms with Crippen LogP contribution in [-0.4, -0.2) is 47.3 Å². The quantitative estimate of drug-likeness (QED) is 0.700. The van der Waals surface area contributed by atoms with Crippen LogP contribution in [0.15, 0.2) is 54.9 Å². The largest absolute Gasteiger partial charge is 0.374 e.